The summed E-state index contributed by atoms with van der Waals surface area (Å²) in [6, 6.07) is 11.3. The molecule has 0 unspecified atom stereocenters. The van der Waals surface area contributed by atoms with Gasteiger partial charge < -0.3 is 10.1 Å². The van der Waals surface area contributed by atoms with Crippen LogP contribution < -0.4 is 10.1 Å². The van der Waals surface area contributed by atoms with Crippen molar-refractivity contribution < 1.29 is 4.74 Å². The highest BCUT2D eigenvalue weighted by Crippen LogP contribution is 2.28. The van der Waals surface area contributed by atoms with Crippen molar-refractivity contribution in [3.8, 4) is 5.75 Å². The molecule has 100 valence electrons. The fraction of sp³-hybridized carbons (Fsp3) is 0.143. The number of methoxy groups -OCH3 is 1. The van der Waals surface area contributed by atoms with Gasteiger partial charge in [0.15, 0.2) is 0 Å². The van der Waals surface area contributed by atoms with Crippen LogP contribution in [0.5, 0.6) is 5.75 Å². The van der Waals surface area contributed by atoms with Crippen LogP contribution in [-0.2, 0) is 6.54 Å². The van der Waals surface area contributed by atoms with Gasteiger partial charge in [0, 0.05) is 27.8 Å². The van der Waals surface area contributed by atoms with Gasteiger partial charge in [0.1, 0.15) is 5.75 Å². The van der Waals surface area contributed by atoms with Crippen LogP contribution in [0.1, 0.15) is 5.56 Å². The molecule has 5 heteroatoms. The van der Waals surface area contributed by atoms with E-state index in [2.05, 4.69) is 21.2 Å². The van der Waals surface area contributed by atoms with Gasteiger partial charge in [-0.15, -0.1) is 0 Å². The Morgan fingerprint density at radius 1 is 1.16 bits per heavy atom. The van der Waals surface area contributed by atoms with Crippen molar-refractivity contribution in [1.82, 2.24) is 0 Å². The average molecular weight is 361 g/mol. The lowest BCUT2D eigenvalue weighted by molar-refractivity contribution is 0.415. The maximum Gasteiger partial charge on any atom is 0.139 e. The first-order valence-electron chi connectivity index (χ1n) is 5.61. The van der Waals surface area contributed by atoms with Crippen LogP contribution >= 0.6 is 39.1 Å². The van der Waals surface area contributed by atoms with E-state index in [0.29, 0.717) is 22.3 Å². The predicted molar refractivity (Wildman–Crippen MR) is 84.5 cm³/mol. The fourth-order valence-electron chi connectivity index (χ4n) is 1.65. The smallest absolute Gasteiger partial charge is 0.139 e. The standard InChI is InChI=1S/C14H12BrCl2NO/c1-19-14-7-11(3-5-13(14)17)18-8-9-6-10(16)2-4-12(9)15/h2-7,18H,8H2,1H3. The molecule has 2 rings (SSSR count). The van der Waals surface area contributed by atoms with Gasteiger partial charge in [-0.3, -0.25) is 0 Å². The highest BCUT2D eigenvalue weighted by atomic mass is 79.9. The van der Waals surface area contributed by atoms with E-state index in [9.17, 15) is 0 Å². The zero-order valence-corrected chi connectivity index (χ0v) is 13.3. The molecule has 2 aromatic rings. The predicted octanol–water partition coefficient (Wildman–Crippen LogP) is 5.38. The zero-order chi connectivity index (χ0) is 13.8. The second-order valence-corrected chi connectivity index (χ2v) is 5.64. The molecule has 0 spiro atoms. The average Bonchev–Trinajstić information content (AvgIpc) is 2.41. The van der Waals surface area contributed by atoms with Gasteiger partial charge in [0.25, 0.3) is 0 Å². The largest absolute Gasteiger partial charge is 0.495 e. The minimum Gasteiger partial charge on any atom is -0.495 e. The van der Waals surface area contributed by atoms with Crippen LogP contribution in [0, 0.1) is 0 Å². The van der Waals surface area contributed by atoms with E-state index in [1.807, 2.05) is 30.3 Å². The van der Waals surface area contributed by atoms with Crippen molar-refractivity contribution in [1.29, 1.82) is 0 Å². The van der Waals surface area contributed by atoms with Crippen molar-refractivity contribution in [3.63, 3.8) is 0 Å². The molecular weight excluding hydrogens is 349 g/mol. The van der Waals surface area contributed by atoms with Crippen LogP contribution in [0.25, 0.3) is 0 Å². The first-order valence-corrected chi connectivity index (χ1v) is 7.16. The van der Waals surface area contributed by atoms with Crippen LogP contribution in [0.3, 0.4) is 0 Å². The normalized spacial score (nSPS) is 10.3. The first kappa shape index (κ1) is 14.5. The lowest BCUT2D eigenvalue weighted by atomic mass is 10.2. The monoisotopic (exact) mass is 359 g/mol. The minimum absolute atomic E-state index is 0.594. The lowest BCUT2D eigenvalue weighted by Gasteiger charge is -2.10. The number of nitrogens with one attached hydrogen (secondary N) is 1. The topological polar surface area (TPSA) is 21.3 Å². The summed E-state index contributed by atoms with van der Waals surface area (Å²) in [6.45, 7) is 0.659. The second-order valence-electron chi connectivity index (χ2n) is 3.94. The van der Waals surface area contributed by atoms with Gasteiger partial charge in [0.2, 0.25) is 0 Å². The number of hydrogen-bond donors (Lipinski definition) is 1. The Kier molecular flexibility index (Phi) is 4.97. The van der Waals surface area contributed by atoms with Gasteiger partial charge in [-0.1, -0.05) is 39.1 Å². The van der Waals surface area contributed by atoms with Gasteiger partial charge in [0.05, 0.1) is 12.1 Å². The van der Waals surface area contributed by atoms with Crippen LogP contribution in [0.4, 0.5) is 5.69 Å². The van der Waals surface area contributed by atoms with Crippen LogP contribution in [-0.4, -0.2) is 7.11 Å². The summed E-state index contributed by atoms with van der Waals surface area (Å²) >= 11 is 15.5. The van der Waals surface area contributed by atoms with Crippen LogP contribution in [0.15, 0.2) is 40.9 Å². The van der Waals surface area contributed by atoms with Crippen molar-refractivity contribution in [2.75, 3.05) is 12.4 Å². The summed E-state index contributed by atoms with van der Waals surface area (Å²) in [7, 11) is 1.60. The van der Waals surface area contributed by atoms with Crippen LogP contribution in [0.2, 0.25) is 10.0 Å². The molecule has 2 aromatic carbocycles. The Bertz CT molecular complexity index is 590. The maximum atomic E-state index is 5.98. The van der Waals surface area contributed by atoms with Crippen molar-refractivity contribution >= 4 is 44.8 Å². The van der Waals surface area contributed by atoms with E-state index in [-0.39, 0.29) is 0 Å². The fourth-order valence-corrected chi connectivity index (χ4v) is 2.42. The Labute approximate surface area is 130 Å². The molecule has 0 saturated carbocycles. The van der Waals surface area contributed by atoms with Gasteiger partial charge in [-0.05, 0) is 35.9 Å². The van der Waals surface area contributed by atoms with E-state index >= 15 is 0 Å². The third kappa shape index (κ3) is 3.78. The van der Waals surface area contributed by atoms with E-state index in [1.54, 1.807) is 13.2 Å². The molecule has 2 nitrogen and oxygen atoms in total. The minimum atomic E-state index is 0.594. The Morgan fingerprint density at radius 3 is 2.68 bits per heavy atom. The third-order valence-corrected chi connectivity index (χ3v) is 3.96. The van der Waals surface area contributed by atoms with E-state index < -0.39 is 0 Å². The summed E-state index contributed by atoms with van der Waals surface area (Å²) in [5.74, 6) is 0.650. The number of ether oxygens (including phenoxy) is 1. The van der Waals surface area contributed by atoms with E-state index in [4.69, 9.17) is 27.9 Å². The summed E-state index contributed by atoms with van der Waals surface area (Å²) in [4.78, 5) is 0. The number of anilines is 1. The Morgan fingerprint density at radius 2 is 1.95 bits per heavy atom. The summed E-state index contributed by atoms with van der Waals surface area (Å²) in [6.07, 6.45) is 0. The molecule has 0 atom stereocenters. The summed E-state index contributed by atoms with van der Waals surface area (Å²) in [5.41, 5.74) is 2.02. The molecule has 0 aliphatic carbocycles. The molecule has 0 aliphatic heterocycles. The summed E-state index contributed by atoms with van der Waals surface area (Å²) in [5, 5.41) is 4.61. The lowest BCUT2D eigenvalue weighted by Crippen LogP contribution is -2.00. The van der Waals surface area contributed by atoms with Gasteiger partial charge in [-0.2, -0.15) is 0 Å². The van der Waals surface area contributed by atoms with Crippen molar-refractivity contribution in [3.05, 3.63) is 56.5 Å². The molecule has 1 N–H and O–H groups in total. The number of hydrogen-bond acceptors (Lipinski definition) is 2. The maximum absolute atomic E-state index is 5.98. The molecule has 0 fully saturated rings. The molecule has 0 saturated heterocycles. The number of rotatable bonds is 4. The van der Waals surface area contributed by atoms with E-state index in [0.717, 1.165) is 15.7 Å². The highest BCUT2D eigenvalue weighted by Gasteiger charge is 2.04. The highest BCUT2D eigenvalue weighted by molar-refractivity contribution is 9.10. The molecule has 0 amide bonds. The van der Waals surface area contributed by atoms with Gasteiger partial charge in [-0.25, -0.2) is 0 Å². The molecule has 0 aliphatic rings. The second kappa shape index (κ2) is 6.51. The molecule has 0 aromatic heterocycles. The van der Waals surface area contributed by atoms with E-state index in [1.165, 1.54) is 0 Å². The SMILES string of the molecule is COc1cc(NCc2cc(Cl)ccc2Br)ccc1Cl. The molecule has 0 heterocycles. The third-order valence-electron chi connectivity index (χ3n) is 2.64. The van der Waals surface area contributed by atoms with Crippen molar-refractivity contribution in [2.24, 2.45) is 0 Å². The van der Waals surface area contributed by atoms with Crippen molar-refractivity contribution in [2.45, 2.75) is 6.54 Å². The molecular formula is C14H12BrCl2NO. The quantitative estimate of drug-likeness (QED) is 0.790. The Hall–Kier alpha value is -0.900. The summed E-state index contributed by atoms with van der Waals surface area (Å²) < 4.78 is 6.20. The van der Waals surface area contributed by atoms with Gasteiger partial charge >= 0.3 is 0 Å². The zero-order valence-electron chi connectivity index (χ0n) is 10.2. The Balaban J connectivity index is 2.12. The molecule has 0 bridgehead atoms. The number of halogens is 3. The number of benzene rings is 2. The molecule has 19 heavy (non-hydrogen) atoms. The first-order chi connectivity index (χ1) is 9.10. The molecule has 0 radical (unpaired) electrons.